The van der Waals surface area contributed by atoms with Gasteiger partial charge in [0.15, 0.2) is 0 Å². The van der Waals surface area contributed by atoms with Gasteiger partial charge in [0.25, 0.3) is 0 Å². The minimum absolute atomic E-state index is 0.00373. The number of aliphatic hydroxyl groups excluding tert-OH is 1. The SMILES string of the molecule is CC[C@H](C)[C@H](NC(=O)[C@H](Cc1c[nH]cn1)NC(=O)[C@H](CCC(N)=O)NC(=O)[C@H](CCCCN)NC(=O)CNC(=O)[C@H](Cc1ccccc1)NC(=O)[C@@H](N)CCCCN)C(=O)N[C@@H](CCC(=O)O)C(=O)N[C@@H](CC(N)=O)C(=O)N[C@@H](CC(C)C)C(=O)N[C@@H](Cc1ccccc1)C(=O)N[C@@H](CO)C(=O)N[C@@H](CC(=O)O)C(=O)N[C@@H](CC(C)C)C(=O)N[C@@H](CCC(N)=O)C(=O)O. The quantitative estimate of drug-likeness (QED) is 0.0234. The van der Waals surface area contributed by atoms with Gasteiger partial charge in [0.05, 0.1) is 44.1 Å². The molecule has 0 saturated heterocycles. The van der Waals surface area contributed by atoms with E-state index in [1.807, 2.05) is 0 Å². The Morgan fingerprint density at radius 3 is 1.22 bits per heavy atom. The molecule has 1 heterocycles. The number of unbranched alkanes of at least 4 members (excludes halogenated alkanes) is 2. The lowest BCUT2D eigenvalue weighted by Crippen LogP contribution is -2.62. The third-order valence-electron chi connectivity index (χ3n) is 20.0. The van der Waals surface area contributed by atoms with E-state index in [1.165, 1.54) is 31.6 Å². The predicted octanol–water partition coefficient (Wildman–Crippen LogP) is -6.60. The highest BCUT2D eigenvalue weighted by atomic mass is 16.4. The third-order valence-corrected chi connectivity index (χ3v) is 20.0. The van der Waals surface area contributed by atoms with Crippen LogP contribution in [-0.2, 0) is 115 Å². The maximum atomic E-state index is 14.8. The van der Waals surface area contributed by atoms with Crippen molar-refractivity contribution in [3.63, 3.8) is 0 Å². The molecule has 0 fully saturated rings. The number of amides is 17. The lowest BCUT2D eigenvalue weighted by Gasteiger charge is -2.30. The summed E-state index contributed by atoms with van der Waals surface area (Å²) in [5, 5.41) is 73.8. The molecule has 15 atom stereocenters. The second-order valence-corrected chi connectivity index (χ2v) is 31.7. The van der Waals surface area contributed by atoms with Crippen LogP contribution in [0, 0.1) is 17.8 Å². The first-order chi connectivity index (χ1) is 60.5. The third kappa shape index (κ3) is 41.8. The van der Waals surface area contributed by atoms with E-state index in [1.54, 1.807) is 83.1 Å². The minimum atomic E-state index is -2.04. The summed E-state index contributed by atoms with van der Waals surface area (Å²) < 4.78 is 0. The van der Waals surface area contributed by atoms with Crippen LogP contribution < -0.4 is 109 Å². The van der Waals surface area contributed by atoms with Crippen molar-refractivity contribution < 1.29 is 116 Å². The van der Waals surface area contributed by atoms with Crippen LogP contribution in [0.4, 0.5) is 0 Å². The first-order valence-electron chi connectivity index (χ1n) is 42.0. The van der Waals surface area contributed by atoms with Crippen molar-refractivity contribution >= 4 is 118 Å². The van der Waals surface area contributed by atoms with Gasteiger partial charge in [-0.1, -0.05) is 115 Å². The predicted molar refractivity (Wildman–Crippen MR) is 457 cm³/mol. The number of aliphatic carboxylic acids is 3. The minimum Gasteiger partial charge on any atom is -0.481 e. The number of hydrogen-bond donors (Lipinski definition) is 25. The lowest BCUT2D eigenvalue weighted by molar-refractivity contribution is -0.143. The number of nitrogens with two attached hydrogens (primary N) is 6. The number of aliphatic hydroxyl groups is 1. The fourth-order valence-corrected chi connectivity index (χ4v) is 12.9. The van der Waals surface area contributed by atoms with E-state index in [9.17, 15) is 116 Å². The molecule has 0 aliphatic carbocycles. The van der Waals surface area contributed by atoms with E-state index in [2.05, 4.69) is 84.4 Å². The number of carboxylic acids is 3. The van der Waals surface area contributed by atoms with Gasteiger partial charge >= 0.3 is 17.9 Å². The molecule has 3 aromatic rings. The number of benzene rings is 2. The summed E-state index contributed by atoms with van der Waals surface area (Å²) in [6.45, 7) is 8.18. The average molecular weight is 1800 g/mol. The van der Waals surface area contributed by atoms with Crippen LogP contribution in [0.2, 0.25) is 0 Å². The van der Waals surface area contributed by atoms with Crippen LogP contribution in [0.1, 0.15) is 168 Å². The number of carbonyl (C=O) groups excluding carboxylic acids is 17. The van der Waals surface area contributed by atoms with Gasteiger partial charge in [-0.25, -0.2) is 9.78 Å². The molecule has 2 aromatic carbocycles. The molecule has 0 saturated carbocycles. The van der Waals surface area contributed by atoms with E-state index in [0.29, 0.717) is 36.9 Å². The van der Waals surface area contributed by atoms with Crippen LogP contribution >= 0.6 is 0 Å². The Labute approximate surface area is 739 Å². The van der Waals surface area contributed by atoms with E-state index >= 15 is 0 Å². The largest absolute Gasteiger partial charge is 0.481 e. The second kappa shape index (κ2) is 57.5. The van der Waals surface area contributed by atoms with E-state index in [0.717, 1.165) is 0 Å². The smallest absolute Gasteiger partial charge is 0.326 e. The molecule has 31 N–H and O–H groups in total. The summed E-state index contributed by atoms with van der Waals surface area (Å²) in [4.78, 5) is 278. The van der Waals surface area contributed by atoms with Gasteiger partial charge < -0.3 is 134 Å². The van der Waals surface area contributed by atoms with Crippen molar-refractivity contribution in [2.75, 3.05) is 26.2 Å². The van der Waals surface area contributed by atoms with E-state index in [-0.39, 0.29) is 69.5 Å². The topological polar surface area (TPSA) is 776 Å². The molecule has 0 unspecified atom stereocenters. The van der Waals surface area contributed by atoms with E-state index in [4.69, 9.17) is 34.4 Å². The number of imidazole rings is 1. The normalized spacial score (nSPS) is 14.6. The summed E-state index contributed by atoms with van der Waals surface area (Å²) >= 11 is 0. The van der Waals surface area contributed by atoms with Gasteiger partial charge in [-0.15, -0.1) is 0 Å². The summed E-state index contributed by atoms with van der Waals surface area (Å²) in [5.41, 5.74) is 35.0. The van der Waals surface area contributed by atoms with Crippen molar-refractivity contribution in [3.8, 4) is 0 Å². The molecule has 0 aliphatic rings. The Morgan fingerprint density at radius 2 is 0.773 bits per heavy atom. The Morgan fingerprint density at radius 1 is 0.391 bits per heavy atom. The molecular weight excluding hydrogens is 1680 g/mol. The molecule has 0 radical (unpaired) electrons. The molecule has 0 spiro atoms. The number of carboxylic acid groups (broad SMARTS) is 3. The number of nitrogens with one attached hydrogen (secondary N) is 15. The second-order valence-electron chi connectivity index (χ2n) is 31.7. The fraction of sp³-hybridized carbons (Fsp3) is 0.573. The van der Waals surface area contributed by atoms with E-state index < -0.39 is 286 Å². The van der Waals surface area contributed by atoms with Crippen molar-refractivity contribution in [2.24, 2.45) is 52.2 Å². The zero-order valence-corrected chi connectivity index (χ0v) is 72.6. The highest BCUT2D eigenvalue weighted by molar-refractivity contribution is 6.02. The molecule has 46 nitrogen and oxygen atoms in total. The molecule has 46 heteroatoms. The number of carbonyl (C=O) groups is 20. The molecule has 128 heavy (non-hydrogen) atoms. The van der Waals surface area contributed by atoms with Crippen molar-refractivity contribution in [3.05, 3.63) is 90.0 Å². The van der Waals surface area contributed by atoms with Gasteiger partial charge in [-0.05, 0) is 106 Å². The first kappa shape index (κ1) is 109. The van der Waals surface area contributed by atoms with Gasteiger partial charge in [0.1, 0.15) is 78.5 Å². The van der Waals surface area contributed by atoms with Crippen molar-refractivity contribution in [2.45, 2.75) is 255 Å². The average Bonchev–Trinajstić information content (AvgIpc) is 1.61. The number of hydrogen-bond acceptors (Lipinski definition) is 25. The van der Waals surface area contributed by atoms with Gasteiger partial charge in [-0.2, -0.15) is 0 Å². The molecule has 17 amide bonds. The van der Waals surface area contributed by atoms with Crippen LogP contribution in [0.25, 0.3) is 0 Å². The number of primary amides is 3. The summed E-state index contributed by atoms with van der Waals surface area (Å²) in [6.07, 6.45) is -2.26. The molecule has 0 bridgehead atoms. The van der Waals surface area contributed by atoms with Crippen LogP contribution in [0.5, 0.6) is 0 Å². The van der Waals surface area contributed by atoms with Gasteiger partial charge in [0, 0.05) is 44.7 Å². The highest BCUT2D eigenvalue weighted by Crippen LogP contribution is 2.17. The molecule has 3 rings (SSSR count). The maximum absolute atomic E-state index is 14.8. The zero-order chi connectivity index (χ0) is 95.9. The van der Waals surface area contributed by atoms with Crippen LogP contribution in [-0.4, -0.2) is 260 Å². The van der Waals surface area contributed by atoms with Crippen LogP contribution in [0.15, 0.2) is 73.2 Å². The Hall–Kier alpha value is -13.1. The van der Waals surface area contributed by atoms with Gasteiger partial charge in [0.2, 0.25) is 100 Å². The van der Waals surface area contributed by atoms with Crippen LogP contribution in [0.3, 0.4) is 0 Å². The van der Waals surface area contributed by atoms with Gasteiger partial charge in [-0.3, -0.25) is 91.1 Å². The molecule has 1 aromatic heterocycles. The summed E-state index contributed by atoms with van der Waals surface area (Å²) in [7, 11) is 0. The van der Waals surface area contributed by atoms with Crippen molar-refractivity contribution in [1.82, 2.24) is 84.4 Å². The standard InChI is InChI=1S/C82H126N22O24/c1-7-45(6)68(104-79(124)58(36-48-39-89-42-91-48)100-72(117)51(24-27-62(86)106)93-71(116)50(23-15-17-31-84)92-65(109)40-90-70(115)56(34-46-18-10-8-11-19-46)96-69(114)49(85)22-14-16-30-83)81(126)94-52(26-29-66(110)111)73(118)101-59(37-64(88)108)77(122)97-55(33-44(4)5)75(120)99-57(35-47-20-12-9-13-21-47)76(121)103-61(41-105)80(125)102-60(38-67(112)113)78(123)98-54(32-43(2)3)74(119)95-53(82(127)128)25-28-63(87)107/h8-13,18-21,39,42-45,49-61,68,105H,7,14-17,22-38,40-41,83-85H2,1-6H3,(H2,86,106)(H2,87,107)(H2,88,108)(H,89,91)(H,90,115)(H,92,109)(H,93,116)(H,94,126)(H,95,119)(H,96,114)(H,97,122)(H,98,123)(H,99,120)(H,100,117)(H,101,118)(H,102,125)(H,103,121)(H,104,124)(H,110,111)(H,112,113)(H,127,128)/t45-,49-,50-,51-,52-,53-,54-,55-,56-,57-,58-,59-,60-,61-,68-/m0/s1. The summed E-state index contributed by atoms with van der Waals surface area (Å²) in [6, 6.07) is -6.89. The zero-order valence-electron chi connectivity index (χ0n) is 72.6. The Bertz CT molecular complexity index is 4220. The number of nitrogens with zero attached hydrogens (tertiary/aromatic N) is 1. The Kier molecular flexibility index (Phi) is 49.0. The molecular formula is C82H126N22O24. The fourth-order valence-electron chi connectivity index (χ4n) is 12.9. The van der Waals surface area contributed by atoms with Crippen molar-refractivity contribution in [1.29, 1.82) is 0 Å². The first-order valence-corrected chi connectivity index (χ1v) is 42.0. The number of aromatic amines is 1. The Balaban J connectivity index is 1.96. The number of rotatable bonds is 63. The monoisotopic (exact) mass is 1800 g/mol. The molecule has 708 valence electrons. The summed E-state index contributed by atoms with van der Waals surface area (Å²) in [5.74, 6) is -24.8. The number of H-pyrrole nitrogens is 1. The highest BCUT2D eigenvalue weighted by Gasteiger charge is 2.40. The lowest BCUT2D eigenvalue weighted by atomic mass is 9.96. The molecule has 0 aliphatic heterocycles. The maximum Gasteiger partial charge on any atom is 0.326 e. The number of aromatic nitrogens is 2.